The van der Waals surface area contributed by atoms with Crippen LogP contribution in [0, 0.1) is 13.8 Å². The number of methoxy groups -OCH3 is 1. The number of anilines is 2. The smallest absolute Gasteiger partial charge is 0.387 e. The van der Waals surface area contributed by atoms with Crippen LogP contribution in [0.2, 0.25) is 0 Å². The molecule has 2 aromatic carbocycles. The van der Waals surface area contributed by atoms with Crippen molar-refractivity contribution in [2.45, 2.75) is 33.4 Å². The Bertz CT molecular complexity index is 1240. The molecule has 0 bridgehead atoms. The number of carbonyl (C=O) groups excluding carboxylic acids is 1. The molecule has 0 aliphatic carbocycles. The molecule has 172 valence electrons. The van der Waals surface area contributed by atoms with Gasteiger partial charge in [0.15, 0.2) is 11.5 Å². The quantitative estimate of drug-likeness (QED) is 0.572. The molecule has 0 radical (unpaired) electrons. The highest BCUT2D eigenvalue weighted by molar-refractivity contribution is 6.06. The minimum absolute atomic E-state index is 0.106. The average Bonchev–Trinajstić information content (AvgIpc) is 3.22. The zero-order valence-electron chi connectivity index (χ0n) is 18.5. The zero-order valence-corrected chi connectivity index (χ0v) is 18.5. The number of aromatic nitrogens is 3. The number of nitrogens with zero attached hydrogens (tertiary/aromatic N) is 3. The van der Waals surface area contributed by atoms with Gasteiger partial charge in [-0.2, -0.15) is 18.9 Å². The molecule has 33 heavy (non-hydrogen) atoms. The summed E-state index contributed by atoms with van der Waals surface area (Å²) in [6.45, 7) is 2.68. The van der Waals surface area contributed by atoms with Gasteiger partial charge in [0.1, 0.15) is 12.4 Å². The molecule has 3 aromatic rings. The highest BCUT2D eigenvalue weighted by Gasteiger charge is 2.34. The van der Waals surface area contributed by atoms with Crippen molar-refractivity contribution in [2.24, 2.45) is 0 Å². The van der Waals surface area contributed by atoms with Crippen LogP contribution in [0.3, 0.4) is 0 Å². The van der Waals surface area contributed by atoms with Gasteiger partial charge in [-0.05, 0) is 50.1 Å². The number of nitrogens with one attached hydrogen (secondary N) is 2. The topological polar surface area (TPSA) is 90.3 Å². The van der Waals surface area contributed by atoms with Gasteiger partial charge in [0, 0.05) is 11.4 Å². The third-order valence-electron chi connectivity index (χ3n) is 5.39. The molecule has 1 amide bonds. The van der Waals surface area contributed by atoms with E-state index in [1.54, 1.807) is 23.7 Å². The van der Waals surface area contributed by atoms with E-state index in [0.29, 0.717) is 28.5 Å². The van der Waals surface area contributed by atoms with E-state index in [-0.39, 0.29) is 17.4 Å². The summed E-state index contributed by atoms with van der Waals surface area (Å²) in [7, 11) is 1.36. The fourth-order valence-electron chi connectivity index (χ4n) is 3.88. The van der Waals surface area contributed by atoms with Crippen molar-refractivity contribution in [2.75, 3.05) is 17.7 Å². The fraction of sp³-hybridized carbons (Fsp3) is 0.261. The van der Waals surface area contributed by atoms with Gasteiger partial charge in [0.25, 0.3) is 5.91 Å². The minimum Gasteiger partial charge on any atom is -0.493 e. The first-order valence-electron chi connectivity index (χ1n) is 10.2. The predicted octanol–water partition coefficient (Wildman–Crippen LogP) is 4.43. The van der Waals surface area contributed by atoms with Crippen molar-refractivity contribution in [3.05, 3.63) is 70.7 Å². The number of hydrogen-bond donors (Lipinski definition) is 2. The molecule has 0 spiro atoms. The molecule has 0 unspecified atom stereocenters. The maximum atomic E-state index is 13.5. The summed E-state index contributed by atoms with van der Waals surface area (Å²) in [5.74, 6) is 0.128. The van der Waals surface area contributed by atoms with Crippen molar-refractivity contribution in [3.63, 3.8) is 0 Å². The summed E-state index contributed by atoms with van der Waals surface area (Å²) in [5.41, 5.74) is 4.29. The first-order chi connectivity index (χ1) is 15.8. The largest absolute Gasteiger partial charge is 0.493 e. The van der Waals surface area contributed by atoms with Crippen LogP contribution < -0.4 is 20.1 Å². The number of rotatable bonds is 6. The minimum atomic E-state index is -2.99. The third kappa shape index (κ3) is 4.36. The summed E-state index contributed by atoms with van der Waals surface area (Å²) in [4.78, 5) is 17.7. The van der Waals surface area contributed by atoms with Gasteiger partial charge in [0.2, 0.25) is 5.95 Å². The molecule has 0 saturated carbocycles. The molecule has 8 nitrogen and oxygen atoms in total. The van der Waals surface area contributed by atoms with Gasteiger partial charge in [-0.1, -0.05) is 23.8 Å². The summed E-state index contributed by atoms with van der Waals surface area (Å²) >= 11 is 0. The summed E-state index contributed by atoms with van der Waals surface area (Å²) in [6, 6.07) is 9.61. The van der Waals surface area contributed by atoms with Gasteiger partial charge >= 0.3 is 6.61 Å². The Kier molecular flexibility index (Phi) is 5.99. The number of hydrogen-bond acceptors (Lipinski definition) is 6. The second kappa shape index (κ2) is 8.89. The molecule has 10 heteroatoms. The number of halogens is 2. The van der Waals surface area contributed by atoms with E-state index in [9.17, 15) is 13.6 Å². The van der Waals surface area contributed by atoms with Gasteiger partial charge in [0.05, 0.1) is 12.7 Å². The standard InChI is InChI=1S/C23H23F2N5O3/c1-12-5-7-16(13(2)9-12)29-21(31)19-14(3)28-23-26-11-27-30(23)20(19)15-6-8-17(33-22(24)25)18(10-15)32-4/h5-11,20,22H,1-4H3,(H,29,31)(H,26,27,28)/t20-/m1/s1. The molecule has 2 N–H and O–H groups in total. The number of allylic oxidation sites excluding steroid dienone is 1. The first kappa shape index (κ1) is 22.3. The predicted molar refractivity (Wildman–Crippen MR) is 119 cm³/mol. The maximum absolute atomic E-state index is 13.5. The molecule has 0 fully saturated rings. The summed E-state index contributed by atoms with van der Waals surface area (Å²) in [5, 5.41) is 10.4. The Labute approximate surface area is 189 Å². The number of amides is 1. The number of fused-ring (bicyclic) bond motifs is 1. The van der Waals surface area contributed by atoms with Crippen LogP contribution in [0.4, 0.5) is 20.4 Å². The molecule has 1 aliphatic heterocycles. The number of benzene rings is 2. The van der Waals surface area contributed by atoms with E-state index >= 15 is 0 Å². The summed E-state index contributed by atoms with van der Waals surface area (Å²) in [6.07, 6.45) is 1.37. The van der Waals surface area contributed by atoms with Gasteiger partial charge < -0.3 is 20.1 Å². The Hall–Kier alpha value is -3.95. The third-order valence-corrected chi connectivity index (χ3v) is 5.39. The molecule has 2 heterocycles. The fourth-order valence-corrected chi connectivity index (χ4v) is 3.88. The molecule has 1 aromatic heterocycles. The van der Waals surface area contributed by atoms with Crippen LogP contribution in [0.1, 0.15) is 29.7 Å². The lowest BCUT2D eigenvalue weighted by Gasteiger charge is -2.29. The Morgan fingerprint density at radius 1 is 1.15 bits per heavy atom. The Morgan fingerprint density at radius 2 is 1.94 bits per heavy atom. The lowest BCUT2D eigenvalue weighted by Crippen LogP contribution is -2.31. The van der Waals surface area contributed by atoms with E-state index in [1.165, 1.54) is 19.5 Å². The summed E-state index contributed by atoms with van der Waals surface area (Å²) < 4.78 is 36.9. The molecule has 4 rings (SSSR count). The van der Waals surface area contributed by atoms with Crippen molar-refractivity contribution in [1.82, 2.24) is 14.8 Å². The average molecular weight is 455 g/mol. The lowest BCUT2D eigenvalue weighted by molar-refractivity contribution is -0.113. The SMILES string of the molecule is COc1cc([C@@H]2C(C(=O)Nc3ccc(C)cc3C)=C(C)Nc3ncnn32)ccc1OC(F)F. The molecular weight excluding hydrogens is 432 g/mol. The van der Waals surface area contributed by atoms with Crippen LogP contribution in [-0.4, -0.2) is 34.4 Å². The molecule has 0 saturated heterocycles. The lowest BCUT2D eigenvalue weighted by atomic mass is 9.94. The number of aryl methyl sites for hydroxylation is 2. The van der Waals surface area contributed by atoms with E-state index in [1.807, 2.05) is 32.0 Å². The van der Waals surface area contributed by atoms with Crippen molar-refractivity contribution in [1.29, 1.82) is 0 Å². The Balaban J connectivity index is 1.76. The molecular formula is C23H23F2N5O3. The highest BCUT2D eigenvalue weighted by Crippen LogP contribution is 2.39. The molecule has 1 atom stereocenters. The van der Waals surface area contributed by atoms with Crippen molar-refractivity contribution in [3.8, 4) is 11.5 Å². The van der Waals surface area contributed by atoms with Crippen LogP contribution >= 0.6 is 0 Å². The van der Waals surface area contributed by atoms with E-state index < -0.39 is 12.7 Å². The second-order valence-corrected chi connectivity index (χ2v) is 7.66. The number of alkyl halides is 2. The van der Waals surface area contributed by atoms with E-state index in [2.05, 4.69) is 25.5 Å². The molecule has 1 aliphatic rings. The van der Waals surface area contributed by atoms with Gasteiger partial charge in [-0.25, -0.2) is 4.68 Å². The monoisotopic (exact) mass is 455 g/mol. The highest BCUT2D eigenvalue weighted by atomic mass is 19.3. The van der Waals surface area contributed by atoms with Crippen LogP contribution in [0.25, 0.3) is 0 Å². The number of carbonyl (C=O) groups is 1. The second-order valence-electron chi connectivity index (χ2n) is 7.66. The Morgan fingerprint density at radius 3 is 2.64 bits per heavy atom. The van der Waals surface area contributed by atoms with E-state index in [0.717, 1.165) is 11.1 Å². The zero-order chi connectivity index (χ0) is 23.7. The van der Waals surface area contributed by atoms with Crippen molar-refractivity contribution < 1.29 is 23.0 Å². The van der Waals surface area contributed by atoms with E-state index in [4.69, 9.17) is 4.74 Å². The van der Waals surface area contributed by atoms with Crippen LogP contribution in [0.5, 0.6) is 11.5 Å². The number of ether oxygens (including phenoxy) is 2. The van der Waals surface area contributed by atoms with Crippen LogP contribution in [-0.2, 0) is 4.79 Å². The van der Waals surface area contributed by atoms with Gasteiger partial charge in [-0.15, -0.1) is 0 Å². The first-order valence-corrected chi connectivity index (χ1v) is 10.2. The van der Waals surface area contributed by atoms with Crippen molar-refractivity contribution >= 4 is 17.5 Å². The van der Waals surface area contributed by atoms with Crippen LogP contribution in [0.15, 0.2) is 54.0 Å². The maximum Gasteiger partial charge on any atom is 0.387 e. The normalized spacial score (nSPS) is 15.2. The van der Waals surface area contributed by atoms with Gasteiger partial charge in [-0.3, -0.25) is 4.79 Å².